The van der Waals surface area contributed by atoms with Crippen LogP contribution >= 0.6 is 0 Å². The van der Waals surface area contributed by atoms with Gasteiger partial charge in [-0.25, -0.2) is 0 Å². The number of nitrogens with two attached hydrogens (primary N) is 1. The first-order valence-electron chi connectivity index (χ1n) is 8.54. The van der Waals surface area contributed by atoms with E-state index < -0.39 is 0 Å². The fraction of sp³-hybridized carbons (Fsp3) is 0.824. The third-order valence-corrected chi connectivity index (χ3v) is 5.41. The summed E-state index contributed by atoms with van der Waals surface area (Å²) in [6, 6.07) is 0. The fourth-order valence-corrected chi connectivity index (χ4v) is 4.20. The third kappa shape index (κ3) is 3.02. The van der Waals surface area contributed by atoms with E-state index in [-0.39, 0.29) is 5.60 Å². The summed E-state index contributed by atoms with van der Waals surface area (Å²) in [5, 5.41) is 4.71. The highest BCUT2D eigenvalue weighted by atomic mass is 16.5. The van der Waals surface area contributed by atoms with E-state index in [4.69, 9.17) is 15.6 Å². The van der Waals surface area contributed by atoms with Crippen LogP contribution in [0.2, 0.25) is 0 Å². The Morgan fingerprint density at radius 2 is 2.00 bits per heavy atom. The van der Waals surface area contributed by atoms with E-state index in [1.165, 1.54) is 56.2 Å². The van der Waals surface area contributed by atoms with Crippen LogP contribution < -0.4 is 5.73 Å². The average molecular weight is 291 g/mol. The van der Waals surface area contributed by atoms with Crippen molar-refractivity contribution < 1.29 is 4.74 Å². The van der Waals surface area contributed by atoms with Crippen molar-refractivity contribution in [2.24, 2.45) is 5.73 Å². The minimum Gasteiger partial charge on any atom is -0.370 e. The number of hydrogen-bond donors (Lipinski definition) is 1. The lowest BCUT2D eigenvalue weighted by atomic mass is 9.83. The number of hydrogen-bond acceptors (Lipinski definition) is 3. The normalized spacial score (nSPS) is 24.8. The van der Waals surface area contributed by atoms with Gasteiger partial charge in [-0.05, 0) is 58.1 Å². The monoisotopic (exact) mass is 291 g/mol. The van der Waals surface area contributed by atoms with Crippen molar-refractivity contribution in [3.63, 3.8) is 0 Å². The standard InChI is InChI=1S/C17H29N3O/c1-13-16(7-11-18)14(2)20(19-13)12-15-6-10-17(21-15)8-4-3-5-9-17/h15H,3-12,18H2,1-2H3. The van der Waals surface area contributed by atoms with Gasteiger partial charge in [0.25, 0.3) is 0 Å². The molecule has 0 aromatic carbocycles. The second-order valence-electron chi connectivity index (χ2n) is 6.89. The molecule has 21 heavy (non-hydrogen) atoms. The number of nitrogens with zero attached hydrogens (tertiary/aromatic N) is 2. The fourth-order valence-electron chi connectivity index (χ4n) is 4.20. The van der Waals surface area contributed by atoms with Crippen LogP contribution in [0.5, 0.6) is 0 Å². The Hall–Kier alpha value is -0.870. The molecule has 4 heteroatoms. The van der Waals surface area contributed by atoms with Crippen molar-refractivity contribution in [1.82, 2.24) is 9.78 Å². The number of aromatic nitrogens is 2. The highest BCUT2D eigenvalue weighted by Gasteiger charge is 2.40. The van der Waals surface area contributed by atoms with Crippen LogP contribution in [0.25, 0.3) is 0 Å². The van der Waals surface area contributed by atoms with Crippen molar-refractivity contribution in [2.45, 2.75) is 83.5 Å². The summed E-state index contributed by atoms with van der Waals surface area (Å²) in [6.07, 6.45) is 10.3. The van der Waals surface area contributed by atoms with Gasteiger partial charge in [0, 0.05) is 5.69 Å². The Balaban J connectivity index is 1.66. The summed E-state index contributed by atoms with van der Waals surface area (Å²) < 4.78 is 8.62. The molecule has 3 rings (SSSR count). The van der Waals surface area contributed by atoms with Gasteiger partial charge in [-0.3, -0.25) is 4.68 Å². The molecular weight excluding hydrogens is 262 g/mol. The van der Waals surface area contributed by atoms with Gasteiger partial charge in [0.05, 0.1) is 23.9 Å². The maximum atomic E-state index is 6.47. The van der Waals surface area contributed by atoms with Crippen LogP contribution in [0.15, 0.2) is 0 Å². The van der Waals surface area contributed by atoms with Gasteiger partial charge in [-0.1, -0.05) is 19.3 Å². The van der Waals surface area contributed by atoms with E-state index >= 15 is 0 Å². The zero-order chi connectivity index (χ0) is 14.9. The van der Waals surface area contributed by atoms with E-state index in [1.807, 2.05) is 0 Å². The molecule has 0 amide bonds. The molecule has 2 fully saturated rings. The second-order valence-corrected chi connectivity index (χ2v) is 6.89. The first-order valence-corrected chi connectivity index (χ1v) is 8.54. The van der Waals surface area contributed by atoms with Crippen molar-refractivity contribution in [1.29, 1.82) is 0 Å². The Kier molecular flexibility index (Phi) is 4.36. The second kappa shape index (κ2) is 6.09. The van der Waals surface area contributed by atoms with Crippen LogP contribution in [0.1, 0.15) is 61.9 Å². The molecule has 1 saturated heterocycles. The molecule has 0 bridgehead atoms. The predicted molar refractivity (Wildman–Crippen MR) is 84.4 cm³/mol. The molecule has 1 aliphatic carbocycles. The minimum atomic E-state index is 0.207. The van der Waals surface area contributed by atoms with Crippen LogP contribution in [0.4, 0.5) is 0 Å². The molecular formula is C17H29N3O. The topological polar surface area (TPSA) is 53.1 Å². The molecule has 2 N–H and O–H groups in total. The largest absolute Gasteiger partial charge is 0.370 e. The molecule has 1 spiro atoms. The molecule has 2 aliphatic rings. The molecule has 118 valence electrons. The quantitative estimate of drug-likeness (QED) is 0.928. The van der Waals surface area contributed by atoms with E-state index in [0.29, 0.717) is 12.6 Å². The third-order valence-electron chi connectivity index (χ3n) is 5.41. The summed E-state index contributed by atoms with van der Waals surface area (Å²) >= 11 is 0. The molecule has 4 nitrogen and oxygen atoms in total. The first-order chi connectivity index (χ1) is 10.1. The molecule has 2 heterocycles. The van der Waals surface area contributed by atoms with Crippen LogP contribution in [-0.2, 0) is 17.7 Å². The van der Waals surface area contributed by atoms with Gasteiger partial charge in [-0.2, -0.15) is 5.10 Å². The Bertz CT molecular complexity index is 488. The van der Waals surface area contributed by atoms with Crippen molar-refractivity contribution in [3.05, 3.63) is 17.0 Å². The predicted octanol–water partition coefficient (Wildman–Crippen LogP) is 2.88. The molecule has 1 aromatic heterocycles. The highest BCUT2D eigenvalue weighted by molar-refractivity contribution is 5.24. The summed E-state index contributed by atoms with van der Waals surface area (Å²) in [5.74, 6) is 0. The smallest absolute Gasteiger partial charge is 0.0779 e. The zero-order valence-corrected chi connectivity index (χ0v) is 13.5. The minimum absolute atomic E-state index is 0.207. The number of aryl methyl sites for hydroxylation is 1. The van der Waals surface area contributed by atoms with E-state index in [0.717, 1.165) is 18.7 Å². The van der Waals surface area contributed by atoms with Crippen LogP contribution in [-0.4, -0.2) is 28.0 Å². The lowest BCUT2D eigenvalue weighted by molar-refractivity contribution is -0.0690. The molecule has 0 radical (unpaired) electrons. The zero-order valence-electron chi connectivity index (χ0n) is 13.5. The highest BCUT2D eigenvalue weighted by Crippen LogP contribution is 2.42. The Labute approximate surface area is 128 Å². The van der Waals surface area contributed by atoms with E-state index in [9.17, 15) is 0 Å². The molecule has 1 saturated carbocycles. The molecule has 1 aliphatic heterocycles. The van der Waals surface area contributed by atoms with Gasteiger partial charge in [-0.15, -0.1) is 0 Å². The van der Waals surface area contributed by atoms with Crippen molar-refractivity contribution >= 4 is 0 Å². The van der Waals surface area contributed by atoms with Crippen LogP contribution in [0.3, 0.4) is 0 Å². The Morgan fingerprint density at radius 3 is 2.71 bits per heavy atom. The van der Waals surface area contributed by atoms with E-state index in [2.05, 4.69) is 18.5 Å². The number of rotatable bonds is 4. The van der Waals surface area contributed by atoms with E-state index in [1.54, 1.807) is 0 Å². The summed E-state index contributed by atoms with van der Waals surface area (Å²) in [4.78, 5) is 0. The number of ether oxygens (including phenoxy) is 1. The lowest BCUT2D eigenvalue weighted by Crippen LogP contribution is -2.32. The van der Waals surface area contributed by atoms with Crippen molar-refractivity contribution in [2.75, 3.05) is 6.54 Å². The molecule has 1 unspecified atom stereocenters. The lowest BCUT2D eigenvalue weighted by Gasteiger charge is -2.33. The first kappa shape index (κ1) is 15.0. The summed E-state index contributed by atoms with van der Waals surface area (Å²) in [5.41, 5.74) is 9.63. The van der Waals surface area contributed by atoms with Crippen molar-refractivity contribution in [3.8, 4) is 0 Å². The summed E-state index contributed by atoms with van der Waals surface area (Å²) in [7, 11) is 0. The molecule has 1 atom stereocenters. The average Bonchev–Trinajstić information content (AvgIpc) is 2.97. The maximum absolute atomic E-state index is 6.47. The maximum Gasteiger partial charge on any atom is 0.0779 e. The van der Waals surface area contributed by atoms with Gasteiger partial charge >= 0.3 is 0 Å². The van der Waals surface area contributed by atoms with Gasteiger partial charge in [0.15, 0.2) is 0 Å². The van der Waals surface area contributed by atoms with Gasteiger partial charge < -0.3 is 10.5 Å². The van der Waals surface area contributed by atoms with Crippen LogP contribution in [0, 0.1) is 13.8 Å². The SMILES string of the molecule is Cc1nn(CC2CCC3(CCCCC3)O2)c(C)c1CCN. The van der Waals surface area contributed by atoms with Gasteiger partial charge in [0.2, 0.25) is 0 Å². The Morgan fingerprint density at radius 1 is 1.24 bits per heavy atom. The molecule has 1 aromatic rings. The van der Waals surface area contributed by atoms with Gasteiger partial charge in [0.1, 0.15) is 0 Å². The summed E-state index contributed by atoms with van der Waals surface area (Å²) in [6.45, 7) is 5.85.